The molecule has 0 amide bonds. The van der Waals surface area contributed by atoms with Gasteiger partial charge in [-0.15, -0.1) is 0 Å². The molecule has 194 valence electrons. The van der Waals surface area contributed by atoms with Crippen molar-refractivity contribution < 1.29 is 23.9 Å². The molecule has 0 radical (unpaired) electrons. The molecular weight excluding hydrogens is 456 g/mol. The predicted molar refractivity (Wildman–Crippen MR) is 138 cm³/mol. The van der Waals surface area contributed by atoms with Crippen LogP contribution in [0, 0.1) is 11.8 Å². The van der Waals surface area contributed by atoms with Gasteiger partial charge in [0.2, 0.25) is 0 Å². The van der Waals surface area contributed by atoms with E-state index in [-0.39, 0.29) is 23.8 Å². The summed E-state index contributed by atoms with van der Waals surface area (Å²) >= 11 is 0. The molecule has 36 heavy (non-hydrogen) atoms. The van der Waals surface area contributed by atoms with Crippen LogP contribution in [0.5, 0.6) is 0 Å². The molecule has 2 aliphatic carbocycles. The smallest absolute Gasteiger partial charge is 0.337 e. The standard InChI is InChI=1S/C29H38N2O5/c1-17-16-22-26(27(32)23(17)28(33)35-5)25(19-12-14-20(15-13-19)31(3)4)24(18(2)30-22)29(34)36-21-10-8-6-7-9-11-21/h12-15,17,21,23,25,30H,6-11,16H2,1-5H3/t17-,23+,25-/m1/s1. The zero-order valence-corrected chi connectivity index (χ0v) is 22.1. The van der Waals surface area contributed by atoms with E-state index in [1.54, 1.807) is 0 Å². The highest BCUT2D eigenvalue weighted by Gasteiger charge is 2.47. The van der Waals surface area contributed by atoms with Gasteiger partial charge in [0.1, 0.15) is 12.0 Å². The van der Waals surface area contributed by atoms with Gasteiger partial charge in [0.15, 0.2) is 5.78 Å². The van der Waals surface area contributed by atoms with Crippen molar-refractivity contribution in [2.45, 2.75) is 70.8 Å². The van der Waals surface area contributed by atoms with Gasteiger partial charge in [-0.3, -0.25) is 9.59 Å². The van der Waals surface area contributed by atoms with Gasteiger partial charge in [0.25, 0.3) is 0 Å². The highest BCUT2D eigenvalue weighted by molar-refractivity contribution is 6.12. The number of nitrogens with zero attached hydrogens (tertiary/aromatic N) is 1. The van der Waals surface area contributed by atoms with E-state index in [4.69, 9.17) is 9.47 Å². The van der Waals surface area contributed by atoms with Crippen molar-refractivity contribution in [1.82, 2.24) is 5.32 Å². The Bertz CT molecular complexity index is 1080. The van der Waals surface area contributed by atoms with Crippen LogP contribution >= 0.6 is 0 Å². The summed E-state index contributed by atoms with van der Waals surface area (Å²) in [5, 5.41) is 3.34. The van der Waals surface area contributed by atoms with Crippen molar-refractivity contribution in [2.75, 3.05) is 26.1 Å². The number of dihydropyridines is 1. The second kappa shape index (κ2) is 10.9. The zero-order valence-electron chi connectivity index (χ0n) is 22.1. The molecule has 7 nitrogen and oxygen atoms in total. The van der Waals surface area contributed by atoms with Crippen LogP contribution in [-0.2, 0) is 23.9 Å². The molecule has 0 unspecified atom stereocenters. The first-order chi connectivity index (χ1) is 17.2. The Morgan fingerprint density at radius 1 is 1.03 bits per heavy atom. The van der Waals surface area contributed by atoms with Gasteiger partial charge in [0, 0.05) is 42.7 Å². The Kier molecular flexibility index (Phi) is 7.86. The van der Waals surface area contributed by atoms with Crippen molar-refractivity contribution in [1.29, 1.82) is 0 Å². The largest absolute Gasteiger partial charge is 0.468 e. The minimum Gasteiger partial charge on any atom is -0.468 e. The molecule has 3 aliphatic rings. The first-order valence-electron chi connectivity index (χ1n) is 13.0. The van der Waals surface area contributed by atoms with Gasteiger partial charge in [-0.25, -0.2) is 4.79 Å². The third-order valence-electron chi connectivity index (χ3n) is 7.78. The second-order valence-electron chi connectivity index (χ2n) is 10.5. The molecule has 0 spiro atoms. The fourth-order valence-corrected chi connectivity index (χ4v) is 5.82. The van der Waals surface area contributed by atoms with E-state index in [9.17, 15) is 14.4 Å². The summed E-state index contributed by atoms with van der Waals surface area (Å²) in [5.74, 6) is -2.91. The summed E-state index contributed by atoms with van der Waals surface area (Å²) < 4.78 is 11.0. The number of methoxy groups -OCH3 is 1. The average molecular weight is 495 g/mol. The summed E-state index contributed by atoms with van der Waals surface area (Å²) in [6.45, 7) is 3.76. The van der Waals surface area contributed by atoms with Crippen LogP contribution in [0.1, 0.15) is 70.3 Å². The fourth-order valence-electron chi connectivity index (χ4n) is 5.82. The molecule has 0 saturated heterocycles. The number of carbonyl (C=O) groups is 3. The number of nitrogens with one attached hydrogen (secondary N) is 1. The van der Waals surface area contributed by atoms with Gasteiger partial charge >= 0.3 is 11.9 Å². The molecule has 1 heterocycles. The Balaban J connectivity index is 1.77. The van der Waals surface area contributed by atoms with Crippen LogP contribution in [-0.4, -0.2) is 45.0 Å². The lowest BCUT2D eigenvalue weighted by Gasteiger charge is -2.38. The summed E-state index contributed by atoms with van der Waals surface area (Å²) in [6, 6.07) is 7.88. The van der Waals surface area contributed by atoms with E-state index in [1.807, 2.05) is 57.1 Å². The monoisotopic (exact) mass is 494 g/mol. The van der Waals surface area contributed by atoms with Gasteiger partial charge in [-0.05, 0) is 62.6 Å². The molecule has 1 fully saturated rings. The maximum absolute atomic E-state index is 13.9. The van der Waals surface area contributed by atoms with Gasteiger partial charge in [-0.2, -0.15) is 0 Å². The number of allylic oxidation sites excluding steroid dienone is 3. The number of anilines is 1. The second-order valence-corrected chi connectivity index (χ2v) is 10.5. The van der Waals surface area contributed by atoms with Crippen LogP contribution in [0.2, 0.25) is 0 Å². The van der Waals surface area contributed by atoms with Crippen molar-refractivity contribution in [2.24, 2.45) is 11.8 Å². The topological polar surface area (TPSA) is 84.9 Å². The van der Waals surface area contributed by atoms with E-state index in [0.717, 1.165) is 55.5 Å². The Labute approximate surface area is 213 Å². The molecule has 1 saturated carbocycles. The van der Waals surface area contributed by atoms with Crippen molar-refractivity contribution in [3.05, 3.63) is 52.4 Å². The van der Waals surface area contributed by atoms with Gasteiger partial charge < -0.3 is 19.7 Å². The predicted octanol–water partition coefficient (Wildman–Crippen LogP) is 4.63. The summed E-state index contributed by atoms with van der Waals surface area (Å²) in [6.07, 6.45) is 6.57. The lowest BCUT2D eigenvalue weighted by atomic mass is 9.69. The van der Waals surface area contributed by atoms with Crippen molar-refractivity contribution in [3.63, 3.8) is 0 Å². The summed E-state index contributed by atoms with van der Waals surface area (Å²) in [7, 11) is 5.24. The molecule has 7 heteroatoms. The molecule has 1 aromatic rings. The highest BCUT2D eigenvalue weighted by atomic mass is 16.5. The van der Waals surface area contributed by atoms with E-state index in [1.165, 1.54) is 7.11 Å². The summed E-state index contributed by atoms with van der Waals surface area (Å²) in [5.41, 5.74) is 4.24. The normalized spacial score (nSPS) is 25.0. The maximum Gasteiger partial charge on any atom is 0.337 e. The van der Waals surface area contributed by atoms with Crippen LogP contribution in [0.25, 0.3) is 0 Å². The number of benzene rings is 1. The Morgan fingerprint density at radius 3 is 2.25 bits per heavy atom. The Hall–Kier alpha value is -3.09. The van der Waals surface area contributed by atoms with Crippen molar-refractivity contribution in [3.8, 4) is 0 Å². The molecule has 3 atom stereocenters. The molecule has 1 N–H and O–H groups in total. The number of rotatable bonds is 5. The number of esters is 2. The molecule has 0 bridgehead atoms. The third kappa shape index (κ3) is 5.06. The first kappa shape index (κ1) is 26.0. The van der Waals surface area contributed by atoms with E-state index < -0.39 is 17.8 Å². The molecule has 1 aliphatic heterocycles. The van der Waals surface area contributed by atoms with Crippen molar-refractivity contribution >= 4 is 23.4 Å². The van der Waals surface area contributed by atoms with Gasteiger partial charge in [0.05, 0.1) is 12.7 Å². The number of ketones is 1. The lowest BCUT2D eigenvalue weighted by molar-refractivity contribution is -0.151. The minimum atomic E-state index is -0.892. The molecule has 1 aromatic carbocycles. The fraction of sp³-hybridized carbons (Fsp3) is 0.552. The van der Waals surface area contributed by atoms with Crippen LogP contribution in [0.3, 0.4) is 0 Å². The highest BCUT2D eigenvalue weighted by Crippen LogP contribution is 2.46. The van der Waals surface area contributed by atoms with Crippen LogP contribution in [0.15, 0.2) is 46.8 Å². The number of carbonyl (C=O) groups excluding carboxylic acids is 3. The maximum atomic E-state index is 13.9. The number of ether oxygens (including phenoxy) is 2. The molecule has 0 aromatic heterocycles. The number of hydrogen-bond donors (Lipinski definition) is 1. The SMILES string of the molecule is COC(=O)[C@@H]1C(=O)C2=C(C[C@H]1C)NC(C)=C(C(=O)OC1CCCCCC1)[C@H]2c1ccc(N(C)C)cc1. The quantitative estimate of drug-likeness (QED) is 0.363. The van der Waals surface area contributed by atoms with E-state index in [0.29, 0.717) is 23.3 Å². The summed E-state index contributed by atoms with van der Waals surface area (Å²) in [4.78, 5) is 42.2. The Morgan fingerprint density at radius 2 is 1.67 bits per heavy atom. The van der Waals surface area contributed by atoms with E-state index >= 15 is 0 Å². The van der Waals surface area contributed by atoms with Crippen LogP contribution in [0.4, 0.5) is 5.69 Å². The average Bonchev–Trinajstić information content (AvgIpc) is 3.11. The van der Waals surface area contributed by atoms with Crippen LogP contribution < -0.4 is 10.2 Å². The molecular formula is C29H38N2O5. The van der Waals surface area contributed by atoms with Gasteiger partial charge in [-0.1, -0.05) is 31.9 Å². The zero-order chi connectivity index (χ0) is 26.0. The number of Topliss-reactive ketones (excluding diaryl/α,β-unsaturated/α-hetero) is 1. The molecule has 4 rings (SSSR count). The lowest BCUT2D eigenvalue weighted by Crippen LogP contribution is -2.43. The number of hydrogen-bond acceptors (Lipinski definition) is 7. The third-order valence-corrected chi connectivity index (χ3v) is 7.78. The van der Waals surface area contributed by atoms with E-state index in [2.05, 4.69) is 5.32 Å². The first-order valence-corrected chi connectivity index (χ1v) is 13.0. The minimum absolute atomic E-state index is 0.114.